The zero-order valence-electron chi connectivity index (χ0n) is 21.9. The Morgan fingerprint density at radius 1 is 1.07 bits per heavy atom. The van der Waals surface area contributed by atoms with Crippen molar-refractivity contribution < 1.29 is 32.0 Å². The van der Waals surface area contributed by atoms with Crippen molar-refractivity contribution in [3.05, 3.63) is 70.7 Å². The van der Waals surface area contributed by atoms with E-state index >= 15 is 0 Å². The van der Waals surface area contributed by atoms with E-state index in [-0.39, 0.29) is 18.0 Å². The molecule has 1 unspecified atom stereocenters. The molecule has 0 radical (unpaired) electrons. The highest BCUT2D eigenvalue weighted by Gasteiger charge is 2.36. The van der Waals surface area contributed by atoms with E-state index in [4.69, 9.17) is 27.9 Å². The summed E-state index contributed by atoms with van der Waals surface area (Å²) in [5.74, 6) is -0.442. The van der Waals surface area contributed by atoms with E-state index in [2.05, 4.69) is 13.8 Å². The molecule has 0 bridgehead atoms. The van der Waals surface area contributed by atoms with Gasteiger partial charge in [0.25, 0.3) is 0 Å². The number of rotatable bonds is 7. The maximum atomic E-state index is 14.2. The maximum Gasteiger partial charge on any atom is 0.573 e. The van der Waals surface area contributed by atoms with Crippen LogP contribution >= 0.6 is 23.2 Å². The van der Waals surface area contributed by atoms with Gasteiger partial charge in [-0.3, -0.25) is 0 Å². The average Bonchev–Trinajstić information content (AvgIpc) is 3.11. The monoisotopic (exact) mass is 629 g/mol. The molecule has 0 aliphatic carbocycles. The minimum atomic E-state index is -4.85. The summed E-state index contributed by atoms with van der Waals surface area (Å²) >= 11 is 12.6. The summed E-state index contributed by atoms with van der Waals surface area (Å²) in [4.78, 5) is 0.162. The Hall–Kier alpha value is -2.54. The first-order valence-electron chi connectivity index (χ1n) is 13.0. The highest BCUT2D eigenvalue weighted by molar-refractivity contribution is 7.91. The van der Waals surface area contributed by atoms with Crippen LogP contribution in [0.5, 0.6) is 5.75 Å². The van der Waals surface area contributed by atoms with Gasteiger partial charge < -0.3 is 19.1 Å². The van der Waals surface area contributed by atoms with Crippen LogP contribution < -0.4 is 9.46 Å². The van der Waals surface area contributed by atoms with Crippen molar-refractivity contribution in [1.29, 1.82) is 0 Å². The minimum Gasteiger partial charge on any atom is -0.406 e. The molecule has 4 atom stereocenters. The van der Waals surface area contributed by atoms with Crippen molar-refractivity contribution in [2.24, 2.45) is 4.36 Å². The summed E-state index contributed by atoms with van der Waals surface area (Å²) < 4.78 is 71.4. The van der Waals surface area contributed by atoms with Gasteiger partial charge in [-0.2, -0.15) is 0 Å². The summed E-state index contributed by atoms with van der Waals surface area (Å²) in [6, 6.07) is 14.4. The quantitative estimate of drug-likeness (QED) is 0.228. The molecule has 7 nitrogen and oxygen atoms in total. The first-order valence-corrected chi connectivity index (χ1v) is 15.3. The number of halogens is 5. The number of alkyl halides is 3. The van der Waals surface area contributed by atoms with Crippen LogP contribution in [0.2, 0.25) is 10.0 Å². The summed E-state index contributed by atoms with van der Waals surface area (Å²) in [5.41, 5.74) is 1.68. The van der Waals surface area contributed by atoms with Gasteiger partial charge in [-0.05, 0) is 73.5 Å². The molecule has 4 aromatic rings. The lowest BCUT2D eigenvalue weighted by molar-refractivity contribution is -0.274. The molecule has 1 saturated heterocycles. The van der Waals surface area contributed by atoms with E-state index in [1.54, 1.807) is 12.1 Å². The van der Waals surface area contributed by atoms with Gasteiger partial charge in [0.1, 0.15) is 15.7 Å². The van der Waals surface area contributed by atoms with Gasteiger partial charge in [-0.25, -0.2) is 13.3 Å². The second-order valence-corrected chi connectivity index (χ2v) is 12.6. The van der Waals surface area contributed by atoms with Crippen LogP contribution in [-0.4, -0.2) is 52.1 Å². The number of ether oxygens (including phenoxy) is 2. The van der Waals surface area contributed by atoms with Crippen molar-refractivity contribution in [3.8, 4) is 5.75 Å². The van der Waals surface area contributed by atoms with Crippen LogP contribution in [0.1, 0.15) is 25.8 Å². The zero-order chi connectivity index (χ0) is 29.4. The summed E-state index contributed by atoms with van der Waals surface area (Å²) in [6.45, 7) is 2.47. The van der Waals surface area contributed by atoms with E-state index in [1.807, 2.05) is 35.8 Å². The molecule has 220 valence electrons. The van der Waals surface area contributed by atoms with E-state index in [9.17, 15) is 22.5 Å². The van der Waals surface area contributed by atoms with Crippen LogP contribution in [0, 0.1) is 0 Å². The molecule has 1 aliphatic rings. The van der Waals surface area contributed by atoms with E-state index in [0.717, 1.165) is 33.9 Å². The van der Waals surface area contributed by atoms with Gasteiger partial charge in [0.2, 0.25) is 0 Å². The Kier molecular flexibility index (Phi) is 8.75. The molecule has 3 aromatic carbocycles. The Balaban J connectivity index is 1.53. The van der Waals surface area contributed by atoms with Gasteiger partial charge in [-0.15, -0.1) is 13.2 Å². The molecule has 1 aliphatic heterocycles. The van der Waals surface area contributed by atoms with Crippen LogP contribution in [0.15, 0.2) is 69.9 Å². The fourth-order valence-corrected chi connectivity index (χ4v) is 7.39. The number of aliphatic hydroxyl groups is 1. The van der Waals surface area contributed by atoms with Gasteiger partial charge in [0.05, 0.1) is 29.7 Å². The van der Waals surface area contributed by atoms with Gasteiger partial charge in [0.15, 0.2) is 0 Å². The molecule has 0 amide bonds. The molecule has 0 saturated carbocycles. The Morgan fingerprint density at radius 3 is 2.24 bits per heavy atom. The molecule has 1 fully saturated rings. The van der Waals surface area contributed by atoms with E-state index < -0.39 is 40.2 Å². The minimum absolute atomic E-state index is 0.0420. The average molecular weight is 631 g/mol. The van der Waals surface area contributed by atoms with Crippen molar-refractivity contribution in [2.75, 3.05) is 19.8 Å². The third kappa shape index (κ3) is 6.45. The van der Waals surface area contributed by atoms with Crippen molar-refractivity contribution >= 4 is 54.9 Å². The van der Waals surface area contributed by atoms with Crippen LogP contribution in [0.3, 0.4) is 0 Å². The van der Waals surface area contributed by atoms with Crippen molar-refractivity contribution in [2.45, 2.75) is 49.2 Å². The SMILES string of the molecule is CCCN=S(=O)(N[C@@H]1COCC[C@@H](n2c3ccc(Cl)cc3c3cc(Cl)ccc32)[C@@H]1O)c1ccc(OC(F)(F)F)cc1. The number of aromatic nitrogens is 1. The molecule has 1 aromatic heterocycles. The lowest BCUT2D eigenvalue weighted by atomic mass is 10.0. The smallest absolute Gasteiger partial charge is 0.406 e. The van der Waals surface area contributed by atoms with E-state index in [1.165, 1.54) is 12.1 Å². The second-order valence-electron chi connectivity index (χ2n) is 9.74. The van der Waals surface area contributed by atoms with Gasteiger partial charge in [-0.1, -0.05) is 30.1 Å². The number of benzene rings is 3. The molecule has 0 spiro atoms. The third-order valence-corrected chi connectivity index (χ3v) is 9.45. The zero-order valence-corrected chi connectivity index (χ0v) is 24.2. The number of nitrogens with one attached hydrogen (secondary N) is 1. The Labute approximate surface area is 245 Å². The summed E-state index contributed by atoms with van der Waals surface area (Å²) in [6.07, 6.45) is -4.88. The fraction of sp³-hybridized carbons (Fsp3) is 0.357. The van der Waals surface area contributed by atoms with Gasteiger partial charge >= 0.3 is 6.36 Å². The number of aliphatic hydroxyl groups excluding tert-OH is 1. The molecule has 2 heterocycles. The highest BCUT2D eigenvalue weighted by atomic mass is 35.5. The molecule has 2 N–H and O–H groups in total. The van der Waals surface area contributed by atoms with Crippen molar-refractivity contribution in [3.63, 3.8) is 0 Å². The largest absolute Gasteiger partial charge is 0.573 e. The third-order valence-electron chi connectivity index (χ3n) is 6.90. The lowest BCUT2D eigenvalue weighted by Crippen LogP contribution is -2.48. The fourth-order valence-electron chi connectivity index (χ4n) is 5.12. The molecule has 5 rings (SSSR count). The first kappa shape index (κ1) is 29.9. The van der Waals surface area contributed by atoms with Crippen LogP contribution in [-0.2, 0) is 14.7 Å². The van der Waals surface area contributed by atoms with Crippen LogP contribution in [0.4, 0.5) is 13.2 Å². The molecular weight excluding hydrogens is 602 g/mol. The molecule has 13 heteroatoms. The first-order chi connectivity index (χ1) is 19.5. The lowest BCUT2D eigenvalue weighted by Gasteiger charge is -2.30. The van der Waals surface area contributed by atoms with Crippen molar-refractivity contribution in [1.82, 2.24) is 9.29 Å². The van der Waals surface area contributed by atoms with Crippen LogP contribution in [0.25, 0.3) is 21.8 Å². The number of hydrogen-bond donors (Lipinski definition) is 2. The normalized spacial score (nSPS) is 21.5. The Morgan fingerprint density at radius 2 is 1.68 bits per heavy atom. The Bertz CT molecular complexity index is 1610. The van der Waals surface area contributed by atoms with Gasteiger partial charge in [0, 0.05) is 45.0 Å². The number of nitrogens with zero attached hydrogens (tertiary/aromatic N) is 2. The summed E-state index contributed by atoms with van der Waals surface area (Å²) in [7, 11) is -3.37. The molecule has 41 heavy (non-hydrogen) atoms. The predicted molar refractivity (Wildman–Crippen MR) is 154 cm³/mol. The second kappa shape index (κ2) is 12.0. The maximum absolute atomic E-state index is 14.2. The highest BCUT2D eigenvalue weighted by Crippen LogP contribution is 2.38. The predicted octanol–water partition coefficient (Wildman–Crippen LogP) is 7.13. The number of fused-ring (bicyclic) bond motifs is 3. The molecular formula is C28H28Cl2F3N3O4S. The topological polar surface area (TPSA) is 85.1 Å². The summed E-state index contributed by atoms with van der Waals surface area (Å²) in [5, 5.41) is 14.7. The van der Waals surface area contributed by atoms with E-state index in [0.29, 0.717) is 29.5 Å². The number of hydrogen-bond acceptors (Lipinski definition) is 5. The standard InChI is InChI=1S/C28H28Cl2F3N3O4S/c1-2-12-34-41(38,20-7-5-19(6-8-20)40-28(31,32)33)35-23-16-39-13-11-26(27(23)37)36-24-9-3-17(29)14-21(24)22-15-18(30)4-10-25(22)36/h3-10,14-15,23,26-27,37H,2,11-13,16H2,1H3,(H,34,35,38)/t23-,26-,27-,41?/m1/s1.